The zero-order valence-electron chi connectivity index (χ0n) is 9.65. The molecule has 0 saturated heterocycles. The number of nitrogens with one attached hydrogen (secondary N) is 1. The normalized spacial score (nSPS) is 12.6. The van der Waals surface area contributed by atoms with Crippen LogP contribution in [0.15, 0.2) is 30.5 Å². The average molecular weight is 251 g/mol. The van der Waals surface area contributed by atoms with Crippen molar-refractivity contribution in [2.75, 3.05) is 18.5 Å². The Morgan fingerprint density at radius 2 is 2.24 bits per heavy atom. The molecule has 2 aromatic rings. The third kappa shape index (κ3) is 2.68. The summed E-state index contributed by atoms with van der Waals surface area (Å²) in [5.74, 6) is 0.212. The van der Waals surface area contributed by atoms with Crippen LogP contribution < -0.4 is 5.32 Å². The van der Waals surface area contributed by atoms with E-state index >= 15 is 0 Å². The predicted molar refractivity (Wildman–Crippen MR) is 71.5 cm³/mol. The van der Waals surface area contributed by atoms with Crippen LogP contribution in [0, 0.1) is 5.92 Å². The van der Waals surface area contributed by atoms with Crippen molar-refractivity contribution in [2.24, 2.45) is 5.92 Å². The minimum Gasteiger partial charge on any atom is -0.396 e. The lowest BCUT2D eigenvalue weighted by atomic mass is 10.1. The highest BCUT2D eigenvalue weighted by Gasteiger charge is 2.06. The van der Waals surface area contributed by atoms with Crippen LogP contribution in [-0.2, 0) is 0 Å². The Morgan fingerprint density at radius 1 is 1.41 bits per heavy atom. The van der Waals surface area contributed by atoms with E-state index in [1.807, 2.05) is 31.2 Å². The number of aliphatic hydroxyl groups excluding tert-OH is 1. The van der Waals surface area contributed by atoms with E-state index in [0.29, 0.717) is 11.6 Å². The summed E-state index contributed by atoms with van der Waals surface area (Å²) in [7, 11) is 0. The summed E-state index contributed by atoms with van der Waals surface area (Å²) in [5.41, 5.74) is 1.82. The fourth-order valence-electron chi connectivity index (χ4n) is 1.63. The highest BCUT2D eigenvalue weighted by molar-refractivity contribution is 6.35. The van der Waals surface area contributed by atoms with Gasteiger partial charge in [-0.3, -0.25) is 4.98 Å². The molecule has 0 aliphatic heterocycles. The van der Waals surface area contributed by atoms with Crippen molar-refractivity contribution in [1.29, 1.82) is 0 Å². The predicted octanol–water partition coefficient (Wildman–Crippen LogP) is 2.93. The van der Waals surface area contributed by atoms with Gasteiger partial charge in [0.1, 0.15) is 0 Å². The van der Waals surface area contributed by atoms with Crippen molar-refractivity contribution in [1.82, 2.24) is 4.98 Å². The lowest BCUT2D eigenvalue weighted by Crippen LogP contribution is -2.14. The van der Waals surface area contributed by atoms with Gasteiger partial charge in [0.2, 0.25) is 0 Å². The maximum atomic E-state index is 8.99. The molecule has 0 bridgehead atoms. The number of benzene rings is 1. The highest BCUT2D eigenvalue weighted by atomic mass is 35.5. The molecule has 2 rings (SSSR count). The Labute approximate surface area is 105 Å². The lowest BCUT2D eigenvalue weighted by molar-refractivity contribution is 0.244. The van der Waals surface area contributed by atoms with Gasteiger partial charge in [0.15, 0.2) is 0 Å². The molecule has 0 radical (unpaired) electrons. The number of rotatable bonds is 4. The van der Waals surface area contributed by atoms with Crippen molar-refractivity contribution < 1.29 is 5.11 Å². The molecule has 0 amide bonds. The van der Waals surface area contributed by atoms with Gasteiger partial charge in [-0.05, 0) is 30.2 Å². The molecule has 1 heterocycles. The minimum absolute atomic E-state index is 0.173. The Hall–Kier alpha value is -1.32. The summed E-state index contributed by atoms with van der Waals surface area (Å²) in [6.45, 7) is 2.87. The first kappa shape index (κ1) is 12.1. The molecular weight excluding hydrogens is 236 g/mol. The van der Waals surface area contributed by atoms with Gasteiger partial charge in [-0.2, -0.15) is 0 Å². The summed E-state index contributed by atoms with van der Waals surface area (Å²) in [4.78, 5) is 4.34. The van der Waals surface area contributed by atoms with E-state index < -0.39 is 0 Å². The van der Waals surface area contributed by atoms with E-state index in [-0.39, 0.29) is 12.5 Å². The molecule has 0 spiro atoms. The molecule has 3 nitrogen and oxygen atoms in total. The van der Waals surface area contributed by atoms with E-state index in [0.717, 1.165) is 16.6 Å². The molecule has 0 fully saturated rings. The lowest BCUT2D eigenvalue weighted by Gasteiger charge is -2.13. The smallest absolute Gasteiger partial charge is 0.0948 e. The maximum absolute atomic E-state index is 8.99. The second-order valence-corrected chi connectivity index (χ2v) is 4.57. The molecule has 90 valence electrons. The molecule has 4 heteroatoms. The second-order valence-electron chi connectivity index (χ2n) is 4.16. The number of fused-ring (bicyclic) bond motifs is 1. The largest absolute Gasteiger partial charge is 0.396 e. The molecule has 0 aliphatic carbocycles. The molecule has 2 N–H and O–H groups in total. The van der Waals surface area contributed by atoms with Crippen molar-refractivity contribution in [3.05, 3.63) is 35.5 Å². The summed E-state index contributed by atoms with van der Waals surface area (Å²) in [5, 5.41) is 13.9. The van der Waals surface area contributed by atoms with Gasteiger partial charge in [-0.25, -0.2) is 0 Å². The number of aliphatic hydroxyl groups is 1. The van der Waals surface area contributed by atoms with Crippen LogP contribution in [0.5, 0.6) is 0 Å². The van der Waals surface area contributed by atoms with Crippen molar-refractivity contribution in [3.63, 3.8) is 0 Å². The number of anilines is 1. The average Bonchev–Trinajstić information content (AvgIpc) is 2.38. The summed E-state index contributed by atoms with van der Waals surface area (Å²) < 4.78 is 0. The number of aromatic nitrogens is 1. The maximum Gasteiger partial charge on any atom is 0.0948 e. The topological polar surface area (TPSA) is 45.1 Å². The summed E-state index contributed by atoms with van der Waals surface area (Å²) in [6, 6.07) is 7.60. The molecule has 17 heavy (non-hydrogen) atoms. The van der Waals surface area contributed by atoms with Crippen LogP contribution in [0.1, 0.15) is 6.92 Å². The molecule has 1 atom stereocenters. The van der Waals surface area contributed by atoms with Crippen LogP contribution in [0.3, 0.4) is 0 Å². The van der Waals surface area contributed by atoms with Crippen LogP contribution in [0.25, 0.3) is 10.9 Å². The monoisotopic (exact) mass is 250 g/mol. The first-order valence-electron chi connectivity index (χ1n) is 5.60. The Morgan fingerprint density at radius 3 is 3.00 bits per heavy atom. The third-order valence-corrected chi connectivity index (χ3v) is 3.00. The second kappa shape index (κ2) is 5.34. The van der Waals surface area contributed by atoms with Gasteiger partial charge in [0.05, 0.1) is 16.2 Å². The van der Waals surface area contributed by atoms with E-state index in [1.165, 1.54) is 0 Å². The van der Waals surface area contributed by atoms with Gasteiger partial charge >= 0.3 is 0 Å². The van der Waals surface area contributed by atoms with Crippen molar-refractivity contribution >= 4 is 28.2 Å². The third-order valence-electron chi connectivity index (χ3n) is 2.67. The SMILES string of the molecule is CC(CO)CNc1ccc(Cl)c2cccnc12. The molecule has 0 saturated carbocycles. The molecule has 1 unspecified atom stereocenters. The molecule has 0 aliphatic rings. The zero-order valence-corrected chi connectivity index (χ0v) is 10.4. The Kier molecular flexibility index (Phi) is 3.82. The highest BCUT2D eigenvalue weighted by Crippen LogP contribution is 2.27. The number of nitrogens with zero attached hydrogens (tertiary/aromatic N) is 1. The van der Waals surface area contributed by atoms with Crippen molar-refractivity contribution in [2.45, 2.75) is 6.92 Å². The van der Waals surface area contributed by atoms with Gasteiger partial charge in [0.25, 0.3) is 0 Å². The van der Waals surface area contributed by atoms with Gasteiger partial charge in [-0.15, -0.1) is 0 Å². The molecule has 1 aromatic heterocycles. The van der Waals surface area contributed by atoms with Crippen LogP contribution in [-0.4, -0.2) is 23.2 Å². The molecular formula is C13H15ClN2O. The fraction of sp³-hybridized carbons (Fsp3) is 0.308. The van der Waals surface area contributed by atoms with Crippen LogP contribution in [0.2, 0.25) is 5.02 Å². The number of pyridine rings is 1. The van der Waals surface area contributed by atoms with Crippen LogP contribution in [0.4, 0.5) is 5.69 Å². The molecule has 1 aromatic carbocycles. The van der Waals surface area contributed by atoms with Gasteiger partial charge < -0.3 is 10.4 Å². The number of hydrogen-bond acceptors (Lipinski definition) is 3. The minimum atomic E-state index is 0.173. The zero-order chi connectivity index (χ0) is 12.3. The number of halogens is 1. The van der Waals surface area contributed by atoms with E-state index in [2.05, 4.69) is 10.3 Å². The summed E-state index contributed by atoms with van der Waals surface area (Å²) >= 11 is 6.11. The van der Waals surface area contributed by atoms with Gasteiger partial charge in [0, 0.05) is 24.7 Å². The first-order chi connectivity index (χ1) is 8.22. The van der Waals surface area contributed by atoms with E-state index in [1.54, 1.807) is 6.20 Å². The summed E-state index contributed by atoms with van der Waals surface area (Å²) in [6.07, 6.45) is 1.75. The Bertz CT molecular complexity index is 516. The van der Waals surface area contributed by atoms with Crippen LogP contribution >= 0.6 is 11.6 Å². The standard InChI is InChI=1S/C13H15ClN2O/c1-9(8-17)7-16-12-5-4-11(14)10-3-2-6-15-13(10)12/h2-6,9,16-17H,7-8H2,1H3. The van der Waals surface area contributed by atoms with E-state index in [9.17, 15) is 0 Å². The van der Waals surface area contributed by atoms with E-state index in [4.69, 9.17) is 16.7 Å². The van der Waals surface area contributed by atoms with Gasteiger partial charge in [-0.1, -0.05) is 18.5 Å². The first-order valence-corrected chi connectivity index (χ1v) is 5.98. The Balaban J connectivity index is 2.32. The fourth-order valence-corrected chi connectivity index (χ4v) is 1.84. The van der Waals surface area contributed by atoms with Crippen molar-refractivity contribution in [3.8, 4) is 0 Å². The number of hydrogen-bond donors (Lipinski definition) is 2. The quantitative estimate of drug-likeness (QED) is 0.877.